The highest BCUT2D eigenvalue weighted by atomic mass is 16.3. The summed E-state index contributed by atoms with van der Waals surface area (Å²) in [5.41, 5.74) is 3.06. The van der Waals surface area contributed by atoms with Gasteiger partial charge in [0.25, 0.3) is 0 Å². The van der Waals surface area contributed by atoms with Crippen LogP contribution in [0.15, 0.2) is 12.3 Å². The third-order valence-corrected chi connectivity index (χ3v) is 6.97. The van der Waals surface area contributed by atoms with Crippen molar-refractivity contribution in [3.05, 3.63) is 23.5 Å². The largest absolute Gasteiger partial charge is 0.394 e. The molecule has 7 nitrogen and oxygen atoms in total. The Balaban J connectivity index is 1.56. The van der Waals surface area contributed by atoms with Crippen molar-refractivity contribution in [2.75, 3.05) is 24.6 Å². The maximum atomic E-state index is 12.6. The molecule has 3 aliphatic rings. The van der Waals surface area contributed by atoms with Crippen LogP contribution >= 0.6 is 0 Å². The number of nitrogens with zero attached hydrogens (tertiary/aromatic N) is 5. The average Bonchev–Trinajstić information content (AvgIpc) is 3.11. The maximum absolute atomic E-state index is 12.6. The number of aryl methyl sites for hydroxylation is 1. The molecule has 144 valence electrons. The van der Waals surface area contributed by atoms with Gasteiger partial charge >= 0.3 is 0 Å². The molecule has 1 N–H and O–H groups in total. The highest BCUT2D eigenvalue weighted by molar-refractivity contribution is 5.78. The number of aliphatic hydroxyl groups excluding tert-OH is 1. The Labute approximate surface area is 159 Å². The summed E-state index contributed by atoms with van der Waals surface area (Å²) in [6.07, 6.45) is 5.55. The summed E-state index contributed by atoms with van der Waals surface area (Å²) in [5.74, 6) is 2.10. The van der Waals surface area contributed by atoms with Crippen LogP contribution in [0.25, 0.3) is 5.65 Å². The van der Waals surface area contributed by atoms with Crippen LogP contribution in [-0.4, -0.2) is 62.3 Å². The smallest absolute Gasteiger partial charge is 0.223 e. The minimum absolute atomic E-state index is 0.0546. The standard InChI is InChI=1S/C20H27N5O2/c1-12-13(2)22-18-6-7-21-25(18)20(12)23-9-14-8-15(10-23)17(11-26)24-16(14)4-3-5-19(24)27/h6-7,14-17,26H,3-5,8-11H2,1-2H3/t14-,15+,16+,17+/m1/s1. The van der Waals surface area contributed by atoms with Crippen LogP contribution in [0.3, 0.4) is 0 Å². The van der Waals surface area contributed by atoms with Gasteiger partial charge in [-0.3, -0.25) is 4.79 Å². The van der Waals surface area contributed by atoms with Crippen molar-refractivity contribution in [2.24, 2.45) is 11.8 Å². The van der Waals surface area contributed by atoms with Crippen LogP contribution < -0.4 is 4.90 Å². The lowest BCUT2D eigenvalue weighted by Gasteiger charge is -2.56. The van der Waals surface area contributed by atoms with Crippen molar-refractivity contribution < 1.29 is 9.90 Å². The first-order valence-electron chi connectivity index (χ1n) is 10.1. The van der Waals surface area contributed by atoms with Gasteiger partial charge in [-0.2, -0.15) is 9.61 Å². The van der Waals surface area contributed by atoms with Crippen LogP contribution in [0, 0.1) is 25.7 Å². The Morgan fingerprint density at radius 3 is 2.89 bits per heavy atom. The Hall–Kier alpha value is -2.15. The second kappa shape index (κ2) is 6.19. The predicted molar refractivity (Wildman–Crippen MR) is 102 cm³/mol. The quantitative estimate of drug-likeness (QED) is 0.869. The molecule has 2 bridgehead atoms. The number of amides is 1. The fourth-order valence-corrected chi connectivity index (χ4v) is 5.67. The second-order valence-electron chi connectivity index (χ2n) is 8.42. The van der Waals surface area contributed by atoms with Gasteiger partial charge in [-0.15, -0.1) is 0 Å². The van der Waals surface area contributed by atoms with Crippen LogP contribution in [0.5, 0.6) is 0 Å². The zero-order valence-corrected chi connectivity index (χ0v) is 16.0. The minimum atomic E-state index is -0.0572. The first kappa shape index (κ1) is 17.0. The van der Waals surface area contributed by atoms with Gasteiger partial charge in [-0.1, -0.05) is 0 Å². The molecule has 2 aromatic heterocycles. The van der Waals surface area contributed by atoms with Crippen molar-refractivity contribution in [1.29, 1.82) is 0 Å². The summed E-state index contributed by atoms with van der Waals surface area (Å²) < 4.78 is 1.95. The number of carbonyl (C=O) groups is 1. The van der Waals surface area contributed by atoms with E-state index in [0.29, 0.717) is 18.3 Å². The molecular weight excluding hydrogens is 342 g/mol. The minimum Gasteiger partial charge on any atom is -0.394 e. The molecule has 0 saturated carbocycles. The monoisotopic (exact) mass is 369 g/mol. The molecule has 2 aromatic rings. The Morgan fingerprint density at radius 1 is 1.26 bits per heavy atom. The third kappa shape index (κ3) is 2.47. The average molecular weight is 369 g/mol. The molecule has 4 atom stereocenters. The number of rotatable bonds is 2. The van der Waals surface area contributed by atoms with E-state index in [-0.39, 0.29) is 24.6 Å². The van der Waals surface area contributed by atoms with Crippen LogP contribution in [-0.2, 0) is 4.79 Å². The van der Waals surface area contributed by atoms with Crippen molar-refractivity contribution in [3.8, 4) is 0 Å². The third-order valence-electron chi connectivity index (χ3n) is 6.97. The van der Waals surface area contributed by atoms with Gasteiger partial charge in [0, 0.05) is 42.9 Å². The first-order chi connectivity index (χ1) is 13.1. The number of aromatic nitrogens is 3. The molecule has 3 aliphatic heterocycles. The molecule has 7 heteroatoms. The number of hydrogen-bond acceptors (Lipinski definition) is 5. The van der Waals surface area contributed by atoms with Gasteiger partial charge in [0.1, 0.15) is 5.82 Å². The maximum Gasteiger partial charge on any atom is 0.223 e. The number of hydrogen-bond donors (Lipinski definition) is 1. The summed E-state index contributed by atoms with van der Waals surface area (Å²) in [5, 5.41) is 14.6. The van der Waals surface area contributed by atoms with E-state index in [4.69, 9.17) is 0 Å². The Kier molecular flexibility index (Phi) is 3.89. The lowest BCUT2D eigenvalue weighted by atomic mass is 9.72. The molecular formula is C20H27N5O2. The molecule has 0 spiro atoms. The summed E-state index contributed by atoms with van der Waals surface area (Å²) >= 11 is 0. The number of carbonyl (C=O) groups excluding carboxylic acids is 1. The SMILES string of the molecule is Cc1nc2ccnn2c(N2C[C@H]3C[C@@H](C2)[C@H](CO)N2C(=O)CCC[C@@H]32)c1C. The number of fused-ring (bicyclic) bond motifs is 5. The van der Waals surface area contributed by atoms with Crippen LogP contribution in [0.1, 0.15) is 36.9 Å². The van der Waals surface area contributed by atoms with E-state index in [2.05, 4.69) is 28.8 Å². The fourth-order valence-electron chi connectivity index (χ4n) is 5.67. The summed E-state index contributed by atoms with van der Waals surface area (Å²) in [7, 11) is 0. The molecule has 3 saturated heterocycles. The lowest BCUT2D eigenvalue weighted by Crippen LogP contribution is -2.66. The van der Waals surface area contributed by atoms with E-state index in [1.54, 1.807) is 6.20 Å². The highest BCUT2D eigenvalue weighted by Crippen LogP contribution is 2.43. The van der Waals surface area contributed by atoms with Gasteiger partial charge in [-0.25, -0.2) is 4.98 Å². The van der Waals surface area contributed by atoms with E-state index in [0.717, 1.165) is 55.1 Å². The zero-order chi connectivity index (χ0) is 18.7. The number of piperidine rings is 3. The van der Waals surface area contributed by atoms with E-state index < -0.39 is 0 Å². The van der Waals surface area contributed by atoms with Crippen molar-refractivity contribution in [1.82, 2.24) is 19.5 Å². The van der Waals surface area contributed by atoms with Gasteiger partial charge in [0.2, 0.25) is 5.91 Å². The molecule has 5 rings (SSSR count). The zero-order valence-electron chi connectivity index (χ0n) is 16.0. The van der Waals surface area contributed by atoms with E-state index in [9.17, 15) is 9.90 Å². The van der Waals surface area contributed by atoms with Gasteiger partial charge in [0.05, 0.1) is 18.8 Å². The number of anilines is 1. The molecule has 0 unspecified atom stereocenters. The Bertz CT molecular complexity index is 880. The van der Waals surface area contributed by atoms with Crippen molar-refractivity contribution >= 4 is 17.4 Å². The lowest BCUT2D eigenvalue weighted by molar-refractivity contribution is -0.150. The highest BCUT2D eigenvalue weighted by Gasteiger charge is 2.49. The van der Waals surface area contributed by atoms with Gasteiger partial charge < -0.3 is 14.9 Å². The van der Waals surface area contributed by atoms with Gasteiger partial charge in [-0.05, 0) is 44.9 Å². The Morgan fingerprint density at radius 2 is 2.07 bits per heavy atom. The summed E-state index contributed by atoms with van der Waals surface area (Å²) in [6, 6.07) is 2.15. The van der Waals surface area contributed by atoms with E-state index in [1.165, 1.54) is 0 Å². The summed E-state index contributed by atoms with van der Waals surface area (Å²) in [6.45, 7) is 6.00. The van der Waals surface area contributed by atoms with Crippen LogP contribution in [0.2, 0.25) is 0 Å². The molecule has 3 fully saturated rings. The fraction of sp³-hybridized carbons (Fsp3) is 0.650. The molecule has 0 aromatic carbocycles. The van der Waals surface area contributed by atoms with Crippen molar-refractivity contribution in [3.63, 3.8) is 0 Å². The predicted octanol–water partition coefficient (Wildman–Crippen LogP) is 1.54. The van der Waals surface area contributed by atoms with E-state index in [1.807, 2.05) is 15.5 Å². The second-order valence-corrected chi connectivity index (χ2v) is 8.42. The molecule has 0 aliphatic carbocycles. The van der Waals surface area contributed by atoms with Crippen molar-refractivity contribution in [2.45, 2.75) is 51.6 Å². The topological polar surface area (TPSA) is 74.0 Å². The van der Waals surface area contributed by atoms with Gasteiger partial charge in [0.15, 0.2) is 5.65 Å². The van der Waals surface area contributed by atoms with Crippen LogP contribution in [0.4, 0.5) is 5.82 Å². The molecule has 27 heavy (non-hydrogen) atoms. The van der Waals surface area contributed by atoms with E-state index >= 15 is 0 Å². The summed E-state index contributed by atoms with van der Waals surface area (Å²) in [4.78, 5) is 21.7. The molecule has 1 amide bonds. The normalized spacial score (nSPS) is 30.7. The molecule has 5 heterocycles. The number of aliphatic hydroxyl groups is 1. The molecule has 0 radical (unpaired) electrons. The first-order valence-corrected chi connectivity index (χ1v) is 10.1.